The van der Waals surface area contributed by atoms with Gasteiger partial charge in [0.25, 0.3) is 0 Å². The molecule has 0 radical (unpaired) electrons. The van der Waals surface area contributed by atoms with Gasteiger partial charge < -0.3 is 14.7 Å². The topological polar surface area (TPSA) is 111 Å². The average Bonchev–Trinajstić information content (AvgIpc) is 3.42. The highest BCUT2D eigenvalue weighted by Gasteiger charge is 2.36. The molecule has 2 atom stereocenters. The minimum atomic E-state index is -1.21. The van der Waals surface area contributed by atoms with Crippen molar-refractivity contribution < 1.29 is 28.2 Å². The van der Waals surface area contributed by atoms with Gasteiger partial charge in [-0.1, -0.05) is 0 Å². The van der Waals surface area contributed by atoms with Crippen LogP contribution >= 0.6 is 0 Å². The van der Waals surface area contributed by atoms with E-state index in [-0.39, 0.29) is 24.5 Å². The number of urea groups is 1. The Kier molecular flexibility index (Phi) is 5.84. The number of anilines is 1. The van der Waals surface area contributed by atoms with Crippen molar-refractivity contribution in [2.45, 2.75) is 25.0 Å². The molecule has 10 nitrogen and oxygen atoms in total. The van der Waals surface area contributed by atoms with E-state index in [0.717, 1.165) is 11.0 Å². The lowest BCUT2D eigenvalue weighted by Crippen LogP contribution is -2.40. The number of aromatic nitrogens is 2. The fourth-order valence-electron chi connectivity index (χ4n) is 3.60. The summed E-state index contributed by atoms with van der Waals surface area (Å²) in [6, 6.07) is 3.68. The normalized spacial score (nSPS) is 20.0. The number of nitrogens with zero attached hydrogens (tertiary/aromatic N) is 6. The van der Waals surface area contributed by atoms with Crippen molar-refractivity contribution in [3.05, 3.63) is 47.7 Å². The van der Waals surface area contributed by atoms with Crippen LogP contribution in [0.4, 0.5) is 24.3 Å². The van der Waals surface area contributed by atoms with E-state index in [1.165, 1.54) is 42.7 Å². The van der Waals surface area contributed by atoms with Gasteiger partial charge in [0.15, 0.2) is 0 Å². The number of ether oxygens (including phenoxy) is 1. The third kappa shape index (κ3) is 4.43. The lowest BCUT2D eigenvalue weighted by molar-refractivity contribution is 0.141. The predicted octanol–water partition coefficient (Wildman–Crippen LogP) is 2.87. The van der Waals surface area contributed by atoms with Gasteiger partial charge in [0, 0.05) is 51.0 Å². The third-order valence-electron chi connectivity index (χ3n) is 5.20. The molecular weight excluding hydrogens is 426 g/mol. The summed E-state index contributed by atoms with van der Waals surface area (Å²) in [6.45, 7) is 0.649. The molecule has 0 unspecified atom stereocenters. The molecule has 1 aromatic heterocycles. The Morgan fingerprint density at radius 2 is 2.00 bits per heavy atom. The SMILES string of the molecule is CN(C(=O)O)c1nccc(O[C@@H]2CCN(C(=O)N3N=CC[C@H]3c3cc(F)cc(F)c3)C2)n1. The molecule has 0 bridgehead atoms. The van der Waals surface area contributed by atoms with Crippen molar-refractivity contribution in [1.29, 1.82) is 0 Å². The molecule has 0 aliphatic carbocycles. The van der Waals surface area contributed by atoms with Crippen molar-refractivity contribution in [1.82, 2.24) is 19.9 Å². The smallest absolute Gasteiger partial charge is 0.413 e. The van der Waals surface area contributed by atoms with Gasteiger partial charge in [0.05, 0.1) is 12.6 Å². The number of carboxylic acid groups (broad SMARTS) is 1. The molecular formula is C20H20F2N6O4. The van der Waals surface area contributed by atoms with Crippen molar-refractivity contribution in [3.63, 3.8) is 0 Å². The molecule has 2 aliphatic rings. The maximum atomic E-state index is 13.6. The first-order valence-electron chi connectivity index (χ1n) is 9.84. The molecule has 0 spiro atoms. The van der Waals surface area contributed by atoms with Crippen LogP contribution in [-0.2, 0) is 0 Å². The summed E-state index contributed by atoms with van der Waals surface area (Å²) >= 11 is 0. The molecule has 4 rings (SSSR count). The maximum Gasteiger partial charge on any atom is 0.413 e. The van der Waals surface area contributed by atoms with Crippen LogP contribution in [-0.4, -0.2) is 69.6 Å². The number of likely N-dealkylation sites (tertiary alicyclic amines) is 1. The molecule has 3 heterocycles. The molecule has 1 saturated heterocycles. The van der Waals surface area contributed by atoms with E-state index in [4.69, 9.17) is 9.84 Å². The van der Waals surface area contributed by atoms with Crippen LogP contribution in [0.5, 0.6) is 5.88 Å². The molecule has 1 fully saturated rings. The molecule has 1 aromatic carbocycles. The summed E-state index contributed by atoms with van der Waals surface area (Å²) in [4.78, 5) is 34.5. The van der Waals surface area contributed by atoms with Gasteiger partial charge in [-0.25, -0.2) is 33.3 Å². The highest BCUT2D eigenvalue weighted by Crippen LogP contribution is 2.31. The number of halogens is 2. The Morgan fingerprint density at radius 3 is 2.72 bits per heavy atom. The zero-order valence-electron chi connectivity index (χ0n) is 17.1. The number of hydrazone groups is 1. The lowest BCUT2D eigenvalue weighted by Gasteiger charge is -2.27. The molecule has 32 heavy (non-hydrogen) atoms. The molecule has 3 amide bonds. The molecule has 0 saturated carbocycles. The number of carbonyl (C=O) groups is 2. The summed E-state index contributed by atoms with van der Waals surface area (Å²) in [5.74, 6) is -1.27. The summed E-state index contributed by atoms with van der Waals surface area (Å²) in [5, 5.41) is 14.4. The minimum Gasteiger partial charge on any atom is -0.472 e. The highest BCUT2D eigenvalue weighted by molar-refractivity contribution is 5.82. The zero-order chi connectivity index (χ0) is 22.8. The van der Waals surface area contributed by atoms with Gasteiger partial charge in [-0.05, 0) is 17.7 Å². The second-order valence-corrected chi connectivity index (χ2v) is 7.39. The Morgan fingerprint density at radius 1 is 1.25 bits per heavy atom. The van der Waals surface area contributed by atoms with Crippen LogP contribution in [0.15, 0.2) is 35.6 Å². The molecule has 12 heteroatoms. The van der Waals surface area contributed by atoms with Crippen LogP contribution in [0.25, 0.3) is 0 Å². The van der Waals surface area contributed by atoms with Crippen molar-refractivity contribution in [3.8, 4) is 5.88 Å². The average molecular weight is 446 g/mol. The highest BCUT2D eigenvalue weighted by atomic mass is 19.1. The Labute approximate surface area is 181 Å². The van der Waals surface area contributed by atoms with Gasteiger partial charge >= 0.3 is 12.1 Å². The fraction of sp³-hybridized carbons (Fsp3) is 0.350. The van der Waals surface area contributed by atoms with Crippen LogP contribution in [0.2, 0.25) is 0 Å². The minimum absolute atomic E-state index is 0.0301. The van der Waals surface area contributed by atoms with E-state index in [2.05, 4.69) is 15.1 Å². The molecule has 168 valence electrons. The van der Waals surface area contributed by atoms with Crippen molar-refractivity contribution >= 4 is 24.3 Å². The molecule has 2 aromatic rings. The first kappa shape index (κ1) is 21.4. The van der Waals surface area contributed by atoms with Crippen LogP contribution in [0.1, 0.15) is 24.4 Å². The Balaban J connectivity index is 1.41. The van der Waals surface area contributed by atoms with Crippen molar-refractivity contribution in [2.75, 3.05) is 25.0 Å². The number of hydrogen-bond donors (Lipinski definition) is 1. The molecule has 2 aliphatic heterocycles. The standard InChI is InChI=1S/C20H20F2N6O4/c1-26(20(30)31)18-23-5-3-17(25-18)32-15-4-7-27(11-15)19(29)28-16(2-6-24-28)12-8-13(21)10-14(22)9-12/h3,5-6,8-10,15-16H,2,4,7,11H2,1H3,(H,30,31)/t15-,16+/m1/s1. The Bertz CT molecular complexity index is 1050. The summed E-state index contributed by atoms with van der Waals surface area (Å²) < 4.78 is 33.1. The molecule has 1 N–H and O–H groups in total. The van der Waals surface area contributed by atoms with E-state index < -0.39 is 29.8 Å². The maximum absolute atomic E-state index is 13.6. The quantitative estimate of drug-likeness (QED) is 0.773. The van der Waals surface area contributed by atoms with Gasteiger partial charge in [-0.2, -0.15) is 10.1 Å². The van der Waals surface area contributed by atoms with Crippen LogP contribution in [0, 0.1) is 11.6 Å². The number of amides is 3. The van der Waals surface area contributed by atoms with E-state index in [1.54, 1.807) is 4.90 Å². The number of hydrogen-bond acceptors (Lipinski definition) is 6. The monoisotopic (exact) mass is 446 g/mol. The zero-order valence-corrected chi connectivity index (χ0v) is 17.1. The van der Waals surface area contributed by atoms with E-state index in [9.17, 15) is 18.4 Å². The van der Waals surface area contributed by atoms with E-state index in [0.29, 0.717) is 24.9 Å². The largest absolute Gasteiger partial charge is 0.472 e. The number of benzene rings is 1. The van der Waals surface area contributed by atoms with Crippen LogP contribution in [0.3, 0.4) is 0 Å². The second kappa shape index (κ2) is 8.73. The van der Waals surface area contributed by atoms with Gasteiger partial charge in [0.1, 0.15) is 17.7 Å². The number of rotatable bonds is 4. The van der Waals surface area contributed by atoms with E-state index in [1.807, 2.05) is 0 Å². The van der Waals surface area contributed by atoms with Crippen molar-refractivity contribution in [2.24, 2.45) is 5.10 Å². The van der Waals surface area contributed by atoms with E-state index >= 15 is 0 Å². The van der Waals surface area contributed by atoms with Gasteiger partial charge in [-0.15, -0.1) is 0 Å². The summed E-state index contributed by atoms with van der Waals surface area (Å²) in [5.41, 5.74) is 0.330. The van der Waals surface area contributed by atoms with Gasteiger partial charge in [-0.3, -0.25) is 0 Å². The predicted molar refractivity (Wildman–Crippen MR) is 109 cm³/mol. The fourth-order valence-corrected chi connectivity index (χ4v) is 3.60. The first-order chi connectivity index (χ1) is 15.3. The number of carbonyl (C=O) groups excluding carboxylic acids is 1. The summed E-state index contributed by atoms with van der Waals surface area (Å²) in [6.07, 6.45) is 2.22. The van der Waals surface area contributed by atoms with Gasteiger partial charge in [0.2, 0.25) is 11.8 Å². The second-order valence-electron chi connectivity index (χ2n) is 7.39. The third-order valence-corrected chi connectivity index (χ3v) is 5.20. The lowest BCUT2D eigenvalue weighted by atomic mass is 10.0. The summed E-state index contributed by atoms with van der Waals surface area (Å²) in [7, 11) is 1.31. The Hall–Kier alpha value is -3.83. The van der Waals surface area contributed by atoms with Crippen LogP contribution < -0.4 is 9.64 Å². The first-order valence-corrected chi connectivity index (χ1v) is 9.84.